The molecule has 1 aromatic carbocycles. The molecular weight excluding hydrogens is 366 g/mol. The highest BCUT2D eigenvalue weighted by Crippen LogP contribution is 2.20. The van der Waals surface area contributed by atoms with Gasteiger partial charge in [0.2, 0.25) is 5.82 Å². The highest BCUT2D eigenvalue weighted by molar-refractivity contribution is 6.09. The highest BCUT2D eigenvalue weighted by Gasteiger charge is 2.26. The van der Waals surface area contributed by atoms with E-state index in [0.29, 0.717) is 11.2 Å². The second kappa shape index (κ2) is 7.95. The zero-order valence-corrected chi connectivity index (χ0v) is 16.8. The maximum atomic E-state index is 13.0. The monoisotopic (exact) mass is 391 g/mol. The molecule has 29 heavy (non-hydrogen) atoms. The minimum Gasteiger partial charge on any atom is -0.378 e. The molecule has 150 valence electrons. The van der Waals surface area contributed by atoms with Gasteiger partial charge in [0.05, 0.1) is 5.52 Å². The normalized spacial score (nSPS) is 14.1. The zero-order valence-electron chi connectivity index (χ0n) is 16.8. The molecule has 0 aliphatic carbocycles. The third kappa shape index (κ3) is 3.81. The molecule has 0 atom stereocenters. The molecule has 0 unspecified atom stereocenters. The molecule has 0 saturated carbocycles. The van der Waals surface area contributed by atoms with E-state index in [1.54, 1.807) is 10.6 Å². The van der Waals surface area contributed by atoms with E-state index in [9.17, 15) is 9.59 Å². The SMILES string of the molecule is CN(C)c1ccc(NC(=O)c2nc(C(=O)N3CCCCC3)n3ccccc23)cc1. The third-order valence-electron chi connectivity index (χ3n) is 5.24. The van der Waals surface area contributed by atoms with Gasteiger partial charge in [-0.2, -0.15) is 0 Å². The molecule has 3 heterocycles. The summed E-state index contributed by atoms with van der Waals surface area (Å²) in [5.41, 5.74) is 2.60. The Labute approximate surface area is 169 Å². The van der Waals surface area contributed by atoms with Crippen molar-refractivity contribution in [1.29, 1.82) is 0 Å². The van der Waals surface area contributed by atoms with E-state index in [4.69, 9.17) is 0 Å². The van der Waals surface area contributed by atoms with Gasteiger partial charge in [-0.15, -0.1) is 0 Å². The van der Waals surface area contributed by atoms with Crippen molar-refractivity contribution in [2.45, 2.75) is 19.3 Å². The van der Waals surface area contributed by atoms with Crippen molar-refractivity contribution in [1.82, 2.24) is 14.3 Å². The number of nitrogens with zero attached hydrogens (tertiary/aromatic N) is 4. The van der Waals surface area contributed by atoms with Gasteiger partial charge in [-0.25, -0.2) is 4.98 Å². The molecule has 0 bridgehead atoms. The standard InChI is InChI=1S/C22H25N5O2/c1-25(2)17-11-9-16(10-12-17)23-21(28)19-18-8-4-7-15-27(18)20(24-19)22(29)26-13-5-3-6-14-26/h4,7-12,15H,3,5-6,13-14H2,1-2H3,(H,23,28). The Hall–Kier alpha value is -3.35. The summed E-state index contributed by atoms with van der Waals surface area (Å²) in [6, 6.07) is 13.1. The van der Waals surface area contributed by atoms with E-state index in [-0.39, 0.29) is 23.3 Å². The van der Waals surface area contributed by atoms with Crippen LogP contribution in [0.5, 0.6) is 0 Å². The second-order valence-corrected chi connectivity index (χ2v) is 7.49. The number of likely N-dealkylation sites (tertiary alicyclic amines) is 1. The molecule has 1 aliphatic heterocycles. The number of carbonyl (C=O) groups is 2. The van der Waals surface area contributed by atoms with Crippen molar-refractivity contribution in [2.75, 3.05) is 37.4 Å². The van der Waals surface area contributed by atoms with Gasteiger partial charge in [0.1, 0.15) is 0 Å². The predicted octanol–water partition coefficient (Wildman–Crippen LogP) is 3.28. The maximum Gasteiger partial charge on any atom is 0.290 e. The average molecular weight is 391 g/mol. The largest absolute Gasteiger partial charge is 0.378 e. The molecule has 0 radical (unpaired) electrons. The lowest BCUT2D eigenvalue weighted by molar-refractivity contribution is 0.0711. The van der Waals surface area contributed by atoms with Crippen LogP contribution < -0.4 is 10.2 Å². The summed E-state index contributed by atoms with van der Waals surface area (Å²) in [7, 11) is 3.93. The number of pyridine rings is 1. The van der Waals surface area contributed by atoms with Crippen LogP contribution >= 0.6 is 0 Å². The molecule has 1 fully saturated rings. The van der Waals surface area contributed by atoms with Crippen LogP contribution in [0.25, 0.3) is 5.52 Å². The lowest BCUT2D eigenvalue weighted by Crippen LogP contribution is -2.36. The number of piperidine rings is 1. The number of imidazole rings is 1. The van der Waals surface area contributed by atoms with E-state index >= 15 is 0 Å². The van der Waals surface area contributed by atoms with E-state index in [2.05, 4.69) is 10.3 Å². The summed E-state index contributed by atoms with van der Waals surface area (Å²) in [5.74, 6) is -0.167. The lowest BCUT2D eigenvalue weighted by atomic mass is 10.1. The molecule has 2 amide bonds. The first-order chi connectivity index (χ1) is 14.0. The van der Waals surface area contributed by atoms with Gasteiger partial charge in [-0.3, -0.25) is 14.0 Å². The molecule has 1 saturated heterocycles. The first kappa shape index (κ1) is 19.0. The summed E-state index contributed by atoms with van der Waals surface area (Å²) < 4.78 is 1.71. The molecular formula is C22H25N5O2. The fourth-order valence-electron chi connectivity index (χ4n) is 3.63. The lowest BCUT2D eigenvalue weighted by Gasteiger charge is -2.25. The Morgan fingerprint density at radius 1 is 1.00 bits per heavy atom. The number of benzene rings is 1. The quantitative estimate of drug-likeness (QED) is 0.741. The molecule has 1 N–H and O–H groups in total. The number of fused-ring (bicyclic) bond motifs is 1. The van der Waals surface area contributed by atoms with E-state index in [1.807, 2.05) is 66.4 Å². The van der Waals surface area contributed by atoms with Crippen LogP contribution in [0.2, 0.25) is 0 Å². The van der Waals surface area contributed by atoms with Crippen LogP contribution in [0.4, 0.5) is 11.4 Å². The molecule has 1 aliphatic rings. The number of anilines is 2. The number of carbonyl (C=O) groups excluding carboxylic acids is 2. The van der Waals surface area contributed by atoms with Gasteiger partial charge in [0, 0.05) is 44.8 Å². The summed E-state index contributed by atoms with van der Waals surface area (Å²) in [6.45, 7) is 1.47. The summed E-state index contributed by atoms with van der Waals surface area (Å²) in [6.07, 6.45) is 4.94. The average Bonchev–Trinajstić information content (AvgIpc) is 3.14. The van der Waals surface area contributed by atoms with Crippen LogP contribution in [-0.2, 0) is 0 Å². The van der Waals surface area contributed by atoms with E-state index in [1.165, 1.54) is 0 Å². The topological polar surface area (TPSA) is 70.0 Å². The fourth-order valence-corrected chi connectivity index (χ4v) is 3.63. The Bertz CT molecular complexity index is 1030. The number of rotatable bonds is 4. The van der Waals surface area contributed by atoms with Crippen molar-refractivity contribution < 1.29 is 9.59 Å². The number of nitrogens with one attached hydrogen (secondary N) is 1. The van der Waals surface area contributed by atoms with Crippen molar-refractivity contribution in [3.8, 4) is 0 Å². The Morgan fingerprint density at radius 2 is 1.72 bits per heavy atom. The molecule has 7 nitrogen and oxygen atoms in total. The Morgan fingerprint density at radius 3 is 2.41 bits per heavy atom. The van der Waals surface area contributed by atoms with Crippen molar-refractivity contribution in [3.05, 3.63) is 60.2 Å². The van der Waals surface area contributed by atoms with Gasteiger partial charge in [-0.05, 0) is 55.7 Å². The minimum absolute atomic E-state index is 0.125. The summed E-state index contributed by atoms with van der Waals surface area (Å²) in [5, 5.41) is 2.89. The van der Waals surface area contributed by atoms with Gasteiger partial charge >= 0.3 is 0 Å². The van der Waals surface area contributed by atoms with Crippen molar-refractivity contribution in [2.24, 2.45) is 0 Å². The van der Waals surface area contributed by atoms with Crippen molar-refractivity contribution >= 4 is 28.7 Å². The first-order valence-corrected chi connectivity index (χ1v) is 9.90. The first-order valence-electron chi connectivity index (χ1n) is 9.90. The fraction of sp³-hybridized carbons (Fsp3) is 0.318. The number of amides is 2. The van der Waals surface area contributed by atoms with Gasteiger partial charge in [-0.1, -0.05) is 6.07 Å². The molecule has 4 rings (SSSR count). The molecule has 7 heteroatoms. The van der Waals surface area contributed by atoms with Crippen LogP contribution in [0.3, 0.4) is 0 Å². The minimum atomic E-state index is -0.330. The zero-order chi connectivity index (χ0) is 20.4. The maximum absolute atomic E-state index is 13.0. The van der Waals surface area contributed by atoms with Gasteiger partial charge in [0.15, 0.2) is 5.69 Å². The van der Waals surface area contributed by atoms with E-state index < -0.39 is 0 Å². The molecule has 3 aromatic rings. The number of hydrogen-bond donors (Lipinski definition) is 1. The van der Waals surface area contributed by atoms with Crippen LogP contribution in [0.15, 0.2) is 48.7 Å². The van der Waals surface area contributed by atoms with Crippen molar-refractivity contribution in [3.63, 3.8) is 0 Å². The van der Waals surface area contributed by atoms with Crippen LogP contribution in [-0.4, -0.2) is 53.3 Å². The molecule has 2 aromatic heterocycles. The number of aromatic nitrogens is 2. The Kier molecular flexibility index (Phi) is 5.20. The molecule has 0 spiro atoms. The second-order valence-electron chi connectivity index (χ2n) is 7.49. The van der Waals surface area contributed by atoms with Crippen LogP contribution in [0.1, 0.15) is 40.4 Å². The number of hydrogen-bond acceptors (Lipinski definition) is 4. The smallest absolute Gasteiger partial charge is 0.290 e. The van der Waals surface area contributed by atoms with E-state index in [0.717, 1.165) is 38.0 Å². The summed E-state index contributed by atoms with van der Waals surface area (Å²) >= 11 is 0. The summed E-state index contributed by atoms with van der Waals surface area (Å²) in [4.78, 5) is 34.2. The van der Waals surface area contributed by atoms with Gasteiger partial charge in [0.25, 0.3) is 11.8 Å². The Balaban J connectivity index is 1.63. The van der Waals surface area contributed by atoms with Crippen LogP contribution in [0, 0.1) is 0 Å². The highest BCUT2D eigenvalue weighted by atomic mass is 16.2. The van der Waals surface area contributed by atoms with Gasteiger partial charge < -0.3 is 15.1 Å². The predicted molar refractivity (Wildman–Crippen MR) is 114 cm³/mol. The third-order valence-corrected chi connectivity index (χ3v) is 5.24.